The Labute approximate surface area is 169 Å². The predicted octanol–water partition coefficient (Wildman–Crippen LogP) is 2.47. The fourth-order valence-electron chi connectivity index (χ4n) is 3.51. The van der Waals surface area contributed by atoms with Gasteiger partial charge in [-0.25, -0.2) is 17.2 Å². The summed E-state index contributed by atoms with van der Waals surface area (Å²) in [7, 11) is -3.90. The molecule has 1 fully saturated rings. The van der Waals surface area contributed by atoms with Crippen molar-refractivity contribution in [2.45, 2.75) is 13.0 Å². The summed E-state index contributed by atoms with van der Waals surface area (Å²) in [6.07, 6.45) is 0.936. The molecule has 0 N–H and O–H groups in total. The Morgan fingerprint density at radius 1 is 1.00 bits per heavy atom. The molecule has 1 aliphatic rings. The number of benzene rings is 2. The quantitative estimate of drug-likeness (QED) is 0.741. The fraction of sp³-hybridized carbons (Fsp3) is 0.350. The van der Waals surface area contributed by atoms with Gasteiger partial charge in [0.2, 0.25) is 15.9 Å². The highest BCUT2D eigenvalue weighted by molar-refractivity contribution is 7.92. The van der Waals surface area contributed by atoms with Crippen molar-refractivity contribution in [3.63, 3.8) is 0 Å². The molecule has 0 unspecified atom stereocenters. The first kappa shape index (κ1) is 21.0. The monoisotopic (exact) mass is 423 g/mol. The second kappa shape index (κ2) is 8.36. The highest BCUT2D eigenvalue weighted by Gasteiger charge is 2.33. The van der Waals surface area contributed by atoms with Crippen LogP contribution in [0.25, 0.3) is 0 Å². The molecule has 3 rings (SSSR count). The smallest absolute Gasteiger partial charge is 0.246 e. The Bertz CT molecular complexity index is 978. The van der Waals surface area contributed by atoms with Gasteiger partial charge in [0.05, 0.1) is 11.9 Å². The first-order valence-corrected chi connectivity index (χ1v) is 11.1. The van der Waals surface area contributed by atoms with Crippen molar-refractivity contribution in [2.24, 2.45) is 0 Å². The molecule has 0 spiro atoms. The number of hydrogen-bond acceptors (Lipinski definition) is 4. The van der Waals surface area contributed by atoms with E-state index in [1.807, 2.05) is 30.3 Å². The number of piperazine rings is 1. The van der Waals surface area contributed by atoms with E-state index in [0.29, 0.717) is 26.2 Å². The summed E-state index contributed by atoms with van der Waals surface area (Å²) in [5, 5.41) is 0. The van der Waals surface area contributed by atoms with Gasteiger partial charge in [0.15, 0.2) is 11.6 Å². The molecule has 156 valence electrons. The molecule has 0 saturated carbocycles. The molecule has 1 heterocycles. The van der Waals surface area contributed by atoms with Crippen LogP contribution in [0.1, 0.15) is 6.92 Å². The molecule has 0 aromatic heterocycles. The van der Waals surface area contributed by atoms with Crippen LogP contribution in [0.15, 0.2) is 48.5 Å². The van der Waals surface area contributed by atoms with Crippen molar-refractivity contribution in [2.75, 3.05) is 41.6 Å². The summed E-state index contributed by atoms with van der Waals surface area (Å²) in [6.45, 7) is 3.56. The van der Waals surface area contributed by atoms with E-state index in [0.717, 1.165) is 34.4 Å². The van der Waals surface area contributed by atoms with Crippen molar-refractivity contribution >= 4 is 27.3 Å². The van der Waals surface area contributed by atoms with Crippen molar-refractivity contribution in [3.8, 4) is 0 Å². The molecular weight excluding hydrogens is 400 g/mol. The van der Waals surface area contributed by atoms with Crippen LogP contribution in [0, 0.1) is 11.6 Å². The Morgan fingerprint density at radius 3 is 2.17 bits per heavy atom. The normalized spacial score (nSPS) is 15.9. The average Bonchev–Trinajstić information content (AvgIpc) is 2.70. The van der Waals surface area contributed by atoms with Gasteiger partial charge in [-0.05, 0) is 31.2 Å². The maximum Gasteiger partial charge on any atom is 0.246 e. The number of nitrogens with zero attached hydrogens (tertiary/aromatic N) is 3. The molecular formula is C20H23F2N3O3S. The molecule has 0 aliphatic carbocycles. The summed E-state index contributed by atoms with van der Waals surface area (Å²) < 4.78 is 52.4. The van der Waals surface area contributed by atoms with Gasteiger partial charge in [0.25, 0.3) is 0 Å². The first-order chi connectivity index (χ1) is 13.7. The molecule has 2 aromatic rings. The van der Waals surface area contributed by atoms with Crippen LogP contribution < -0.4 is 9.21 Å². The van der Waals surface area contributed by atoms with E-state index in [1.54, 1.807) is 4.90 Å². The molecule has 1 atom stereocenters. The standard InChI is InChI=1S/C20H23F2N3O3S/c1-15(25(29(2,27)28)17-8-9-18(21)19(22)14-17)20(26)24-12-10-23(11-13-24)16-6-4-3-5-7-16/h3-9,14-15H,10-13H2,1-2H3/t15-/m1/s1. The lowest BCUT2D eigenvalue weighted by molar-refractivity contribution is -0.132. The molecule has 6 nitrogen and oxygen atoms in total. The van der Waals surface area contributed by atoms with E-state index in [2.05, 4.69) is 4.90 Å². The lowest BCUT2D eigenvalue weighted by Gasteiger charge is -2.39. The first-order valence-electron chi connectivity index (χ1n) is 9.21. The number of halogens is 2. The third-order valence-corrected chi connectivity index (χ3v) is 6.18. The van der Waals surface area contributed by atoms with Crippen LogP contribution in [0.2, 0.25) is 0 Å². The van der Waals surface area contributed by atoms with E-state index in [-0.39, 0.29) is 11.6 Å². The zero-order valence-corrected chi connectivity index (χ0v) is 17.1. The lowest BCUT2D eigenvalue weighted by Crippen LogP contribution is -2.55. The summed E-state index contributed by atoms with van der Waals surface area (Å²) in [6, 6.07) is 11.5. The Hall–Kier alpha value is -2.68. The fourth-order valence-corrected chi connectivity index (χ4v) is 4.67. The van der Waals surface area contributed by atoms with Crippen LogP contribution in [0.3, 0.4) is 0 Å². The van der Waals surface area contributed by atoms with Gasteiger partial charge in [-0.3, -0.25) is 9.10 Å². The van der Waals surface area contributed by atoms with Gasteiger partial charge in [0, 0.05) is 37.9 Å². The number of rotatable bonds is 5. The third kappa shape index (κ3) is 4.67. The Kier molecular flexibility index (Phi) is 6.07. The zero-order valence-electron chi connectivity index (χ0n) is 16.3. The second-order valence-electron chi connectivity index (χ2n) is 6.98. The molecule has 2 aromatic carbocycles. The zero-order chi connectivity index (χ0) is 21.2. The van der Waals surface area contributed by atoms with Crippen LogP contribution >= 0.6 is 0 Å². The van der Waals surface area contributed by atoms with E-state index >= 15 is 0 Å². The summed E-state index contributed by atoms with van der Waals surface area (Å²) in [5.41, 5.74) is 0.974. The van der Waals surface area contributed by atoms with Gasteiger partial charge in [-0.2, -0.15) is 0 Å². The Morgan fingerprint density at radius 2 is 1.62 bits per heavy atom. The summed E-state index contributed by atoms with van der Waals surface area (Å²) >= 11 is 0. The van der Waals surface area contributed by atoms with Crippen LogP contribution in [0.5, 0.6) is 0 Å². The van der Waals surface area contributed by atoms with Crippen molar-refractivity contribution in [1.29, 1.82) is 0 Å². The highest BCUT2D eigenvalue weighted by Crippen LogP contribution is 2.24. The molecule has 1 aliphatic heterocycles. The number of hydrogen-bond donors (Lipinski definition) is 0. The van der Waals surface area contributed by atoms with Gasteiger partial charge in [-0.15, -0.1) is 0 Å². The maximum absolute atomic E-state index is 13.7. The van der Waals surface area contributed by atoms with Crippen molar-refractivity contribution in [1.82, 2.24) is 4.90 Å². The SMILES string of the molecule is C[C@H](C(=O)N1CCN(c2ccccc2)CC1)N(c1ccc(F)c(F)c1)S(C)(=O)=O. The van der Waals surface area contributed by atoms with E-state index in [4.69, 9.17) is 0 Å². The minimum atomic E-state index is -3.90. The lowest BCUT2D eigenvalue weighted by atomic mass is 10.2. The van der Waals surface area contributed by atoms with Gasteiger partial charge < -0.3 is 9.80 Å². The largest absolute Gasteiger partial charge is 0.368 e. The van der Waals surface area contributed by atoms with Crippen LogP contribution in [0.4, 0.5) is 20.2 Å². The molecule has 1 saturated heterocycles. The van der Waals surface area contributed by atoms with Crippen molar-refractivity contribution in [3.05, 3.63) is 60.2 Å². The second-order valence-corrected chi connectivity index (χ2v) is 8.84. The maximum atomic E-state index is 13.7. The molecule has 1 amide bonds. The average molecular weight is 423 g/mol. The molecule has 9 heteroatoms. The van der Waals surface area contributed by atoms with Crippen LogP contribution in [-0.4, -0.2) is 57.7 Å². The van der Waals surface area contributed by atoms with E-state index in [9.17, 15) is 22.0 Å². The number of carbonyl (C=O) groups excluding carboxylic acids is 1. The molecule has 29 heavy (non-hydrogen) atoms. The molecule has 0 radical (unpaired) electrons. The number of para-hydroxylation sites is 1. The third-order valence-electron chi connectivity index (χ3n) is 4.94. The number of amides is 1. The van der Waals surface area contributed by atoms with E-state index < -0.39 is 27.7 Å². The predicted molar refractivity (Wildman–Crippen MR) is 108 cm³/mol. The van der Waals surface area contributed by atoms with E-state index in [1.165, 1.54) is 6.92 Å². The topological polar surface area (TPSA) is 60.9 Å². The summed E-state index contributed by atoms with van der Waals surface area (Å²) in [5.74, 6) is -2.64. The summed E-state index contributed by atoms with van der Waals surface area (Å²) in [4.78, 5) is 16.7. The minimum absolute atomic E-state index is 0.0878. The van der Waals surface area contributed by atoms with Gasteiger partial charge in [-0.1, -0.05) is 18.2 Å². The number of sulfonamides is 1. The minimum Gasteiger partial charge on any atom is -0.368 e. The van der Waals surface area contributed by atoms with Gasteiger partial charge in [0.1, 0.15) is 6.04 Å². The number of carbonyl (C=O) groups is 1. The molecule has 0 bridgehead atoms. The van der Waals surface area contributed by atoms with Crippen molar-refractivity contribution < 1.29 is 22.0 Å². The highest BCUT2D eigenvalue weighted by atomic mass is 32.2. The van der Waals surface area contributed by atoms with Crippen LogP contribution in [-0.2, 0) is 14.8 Å². The Balaban J connectivity index is 1.76. The van der Waals surface area contributed by atoms with Gasteiger partial charge >= 0.3 is 0 Å². The number of anilines is 2.